The van der Waals surface area contributed by atoms with E-state index in [-0.39, 0.29) is 12.3 Å². The lowest BCUT2D eigenvalue weighted by molar-refractivity contribution is -0.146. The van der Waals surface area contributed by atoms with Crippen molar-refractivity contribution in [2.45, 2.75) is 37.1 Å². The zero-order valence-electron chi connectivity index (χ0n) is 19.2. The number of fused-ring (bicyclic) bond motifs is 1. The Labute approximate surface area is 202 Å². The molecular weight excluding hydrogens is 457 g/mol. The van der Waals surface area contributed by atoms with Gasteiger partial charge in [-0.05, 0) is 74.5 Å². The van der Waals surface area contributed by atoms with Gasteiger partial charge in [0.2, 0.25) is 0 Å². The largest absolute Gasteiger partial charge is 0.497 e. The summed E-state index contributed by atoms with van der Waals surface area (Å²) >= 11 is 1.56. The third-order valence-corrected chi connectivity index (χ3v) is 7.46. The molecule has 0 bridgehead atoms. The third-order valence-electron chi connectivity index (χ3n) is 6.52. The fourth-order valence-electron chi connectivity index (χ4n) is 4.69. The number of carboxylic acid groups (broad SMARTS) is 1. The average Bonchev–Trinajstić information content (AvgIpc) is 3.38. The van der Waals surface area contributed by atoms with Crippen LogP contribution in [0.15, 0.2) is 52.6 Å². The second-order valence-corrected chi connectivity index (χ2v) is 9.67. The summed E-state index contributed by atoms with van der Waals surface area (Å²) < 4.78 is 25.9. The molecule has 1 fully saturated rings. The van der Waals surface area contributed by atoms with Crippen LogP contribution in [0.25, 0.3) is 10.9 Å². The molecule has 0 aliphatic carbocycles. The molecule has 0 spiro atoms. The number of likely N-dealkylation sites (tertiary alicyclic amines) is 1. The number of piperidine rings is 1. The molecule has 3 aromatic rings. The molecule has 1 aliphatic rings. The number of halogens is 1. The smallest absolute Gasteiger partial charge is 0.308 e. The molecule has 1 aliphatic heterocycles. The van der Waals surface area contributed by atoms with E-state index < -0.39 is 18.1 Å². The van der Waals surface area contributed by atoms with Crippen molar-refractivity contribution in [3.63, 3.8) is 0 Å². The van der Waals surface area contributed by atoms with Gasteiger partial charge in [-0.2, -0.15) is 0 Å². The van der Waals surface area contributed by atoms with Crippen molar-refractivity contribution in [2.24, 2.45) is 11.8 Å². The molecule has 2 aromatic heterocycles. The van der Waals surface area contributed by atoms with E-state index in [1.165, 1.54) is 0 Å². The molecule has 0 unspecified atom stereocenters. The fraction of sp³-hybridized carbons (Fsp3) is 0.480. The first-order valence-corrected chi connectivity index (χ1v) is 12.6. The Morgan fingerprint density at radius 1 is 1.35 bits per heavy atom. The van der Waals surface area contributed by atoms with Crippen LogP contribution in [-0.4, -0.2) is 58.4 Å². The number of hydrogen-bond donors (Lipinski definition) is 1. The number of alkyl halides is 1. The minimum Gasteiger partial charge on any atom is -0.497 e. The Hall–Kier alpha value is -2.65. The second kappa shape index (κ2) is 11.7. The highest BCUT2D eigenvalue weighted by Crippen LogP contribution is 2.35. The maximum atomic E-state index is 15.3. The molecule has 0 saturated carbocycles. The monoisotopic (exact) mass is 487 g/mol. The van der Waals surface area contributed by atoms with Crippen molar-refractivity contribution in [3.8, 4) is 5.75 Å². The van der Waals surface area contributed by atoms with E-state index in [4.69, 9.17) is 9.15 Å². The molecule has 0 radical (unpaired) electrons. The fourth-order valence-corrected chi connectivity index (χ4v) is 5.40. The number of aliphatic carboxylic acids is 1. The van der Waals surface area contributed by atoms with Gasteiger partial charge in [0.05, 0.1) is 24.7 Å². The number of ether oxygens (including phenoxy) is 1. The first kappa shape index (κ1) is 24.5. The Kier molecular flexibility index (Phi) is 8.39. The van der Waals surface area contributed by atoms with E-state index in [0.717, 1.165) is 42.6 Å². The van der Waals surface area contributed by atoms with E-state index in [1.54, 1.807) is 43.6 Å². The van der Waals surface area contributed by atoms with Crippen LogP contribution in [0.5, 0.6) is 5.75 Å². The average molecular weight is 488 g/mol. The number of rotatable bonds is 11. The lowest BCUT2D eigenvalue weighted by Crippen LogP contribution is -2.44. The summed E-state index contributed by atoms with van der Waals surface area (Å²) in [6.07, 6.45) is 6.14. The number of hydrogen-bond acceptors (Lipinski definition) is 7. The van der Waals surface area contributed by atoms with Crippen molar-refractivity contribution in [1.29, 1.82) is 0 Å². The van der Waals surface area contributed by atoms with Gasteiger partial charge in [-0.1, -0.05) is 11.8 Å². The highest BCUT2D eigenvalue weighted by atomic mass is 32.2. The van der Waals surface area contributed by atoms with Gasteiger partial charge in [0.1, 0.15) is 18.2 Å². The summed E-state index contributed by atoms with van der Waals surface area (Å²) in [6.45, 7) is 2.18. The molecule has 4 rings (SSSR count). The van der Waals surface area contributed by atoms with Crippen molar-refractivity contribution in [3.05, 3.63) is 48.5 Å². The van der Waals surface area contributed by atoms with Crippen LogP contribution in [-0.2, 0) is 4.79 Å². The highest BCUT2D eigenvalue weighted by Gasteiger charge is 2.34. The predicted octanol–water partition coefficient (Wildman–Crippen LogP) is 5.23. The van der Waals surface area contributed by atoms with Gasteiger partial charge in [-0.3, -0.25) is 9.78 Å². The van der Waals surface area contributed by atoms with E-state index in [0.29, 0.717) is 29.5 Å². The van der Waals surface area contributed by atoms with E-state index >= 15 is 4.39 Å². The molecule has 1 aromatic carbocycles. The van der Waals surface area contributed by atoms with Crippen molar-refractivity contribution in [2.75, 3.05) is 32.5 Å². The molecule has 9 heteroatoms. The summed E-state index contributed by atoms with van der Waals surface area (Å²) in [5.74, 6) is 0.224. The van der Waals surface area contributed by atoms with Gasteiger partial charge >= 0.3 is 5.97 Å². The Balaban J connectivity index is 1.31. The lowest BCUT2D eigenvalue weighted by Gasteiger charge is -2.36. The first-order chi connectivity index (χ1) is 16.5. The predicted molar refractivity (Wildman–Crippen MR) is 129 cm³/mol. The molecule has 0 amide bonds. The second-order valence-electron chi connectivity index (χ2n) is 8.62. The molecule has 34 heavy (non-hydrogen) atoms. The summed E-state index contributed by atoms with van der Waals surface area (Å²) in [4.78, 5) is 22.6. The number of aromatic nitrogens is 2. The number of carboxylic acids is 1. The normalized spacial score (nSPS) is 19.8. The lowest BCUT2D eigenvalue weighted by atomic mass is 9.81. The Bertz CT molecular complexity index is 1080. The maximum absolute atomic E-state index is 15.3. The molecule has 1 saturated heterocycles. The van der Waals surface area contributed by atoms with Crippen LogP contribution in [0.2, 0.25) is 0 Å². The number of nitrogens with zero attached hydrogens (tertiary/aromatic N) is 3. The zero-order chi connectivity index (χ0) is 23.9. The van der Waals surface area contributed by atoms with Gasteiger partial charge in [0.15, 0.2) is 0 Å². The Morgan fingerprint density at radius 3 is 3.00 bits per heavy atom. The molecular formula is C25H30FN3O4S. The first-order valence-electron chi connectivity index (χ1n) is 11.6. The van der Waals surface area contributed by atoms with Gasteiger partial charge in [0.25, 0.3) is 5.22 Å². The molecule has 7 nitrogen and oxygen atoms in total. The topological polar surface area (TPSA) is 88.7 Å². The number of carbonyl (C=O) groups is 1. The minimum atomic E-state index is -1.18. The zero-order valence-corrected chi connectivity index (χ0v) is 20.0. The van der Waals surface area contributed by atoms with Crippen LogP contribution in [0.1, 0.15) is 37.4 Å². The van der Waals surface area contributed by atoms with Gasteiger partial charge < -0.3 is 19.2 Å². The summed E-state index contributed by atoms with van der Waals surface area (Å²) in [6, 6.07) is 7.15. The molecule has 3 atom stereocenters. The molecule has 182 valence electrons. The number of oxazole rings is 1. The third kappa shape index (κ3) is 6.07. The quantitative estimate of drug-likeness (QED) is 0.291. The van der Waals surface area contributed by atoms with Crippen molar-refractivity contribution < 1.29 is 23.4 Å². The van der Waals surface area contributed by atoms with E-state index in [2.05, 4.69) is 14.9 Å². The highest BCUT2D eigenvalue weighted by molar-refractivity contribution is 7.99. The van der Waals surface area contributed by atoms with Gasteiger partial charge in [-0.25, -0.2) is 9.37 Å². The van der Waals surface area contributed by atoms with Crippen LogP contribution >= 0.6 is 11.8 Å². The standard InChI is InChI=1S/C25H30FN3O4S/c1-32-18-4-6-23-20(15-18)19(7-9-27-23)22(26)5-3-17-8-12-29(16-21(17)24(30)31)11-2-14-34-25-28-10-13-33-25/h4,6-7,9-10,13,15,17,21-22H,2-3,5,8,11-12,14,16H2,1H3,(H,30,31)/t17-,21+,22-/m1/s1. The number of pyridine rings is 1. The van der Waals surface area contributed by atoms with Crippen LogP contribution < -0.4 is 4.74 Å². The summed E-state index contributed by atoms with van der Waals surface area (Å²) in [5.41, 5.74) is 1.30. The van der Waals surface area contributed by atoms with Crippen molar-refractivity contribution in [1.82, 2.24) is 14.9 Å². The molecule has 1 N–H and O–H groups in total. The van der Waals surface area contributed by atoms with Crippen LogP contribution in [0.3, 0.4) is 0 Å². The van der Waals surface area contributed by atoms with E-state index in [1.807, 2.05) is 18.2 Å². The van der Waals surface area contributed by atoms with Crippen LogP contribution in [0, 0.1) is 11.8 Å². The number of methoxy groups -OCH3 is 1. The summed E-state index contributed by atoms with van der Waals surface area (Å²) in [5, 5.41) is 11.2. The van der Waals surface area contributed by atoms with E-state index in [9.17, 15) is 9.90 Å². The summed E-state index contributed by atoms with van der Waals surface area (Å²) in [7, 11) is 1.58. The number of thioether (sulfide) groups is 1. The van der Waals surface area contributed by atoms with Crippen molar-refractivity contribution >= 4 is 28.6 Å². The van der Waals surface area contributed by atoms with Gasteiger partial charge in [0, 0.05) is 23.9 Å². The maximum Gasteiger partial charge on any atom is 0.308 e. The minimum absolute atomic E-state index is 0.0312. The van der Waals surface area contributed by atoms with Gasteiger partial charge in [-0.15, -0.1) is 0 Å². The number of benzene rings is 1. The SMILES string of the molecule is COc1ccc2nccc([C@H](F)CC[C@@H]3CCN(CCCSc4ncco4)C[C@@H]3C(=O)O)c2c1. The van der Waals surface area contributed by atoms with Crippen LogP contribution in [0.4, 0.5) is 4.39 Å². The Morgan fingerprint density at radius 2 is 2.24 bits per heavy atom. The molecule has 3 heterocycles.